The van der Waals surface area contributed by atoms with E-state index in [0.717, 1.165) is 32.2 Å². The molecule has 1 unspecified atom stereocenters. The predicted octanol–water partition coefficient (Wildman–Crippen LogP) is 2.72. The third-order valence-corrected chi connectivity index (χ3v) is 4.36. The van der Waals surface area contributed by atoms with Crippen molar-refractivity contribution in [3.63, 3.8) is 0 Å². The van der Waals surface area contributed by atoms with Crippen molar-refractivity contribution in [1.82, 2.24) is 4.90 Å². The van der Waals surface area contributed by atoms with Gasteiger partial charge in [0.05, 0.1) is 0 Å². The molecule has 0 aromatic carbocycles. The summed E-state index contributed by atoms with van der Waals surface area (Å²) < 4.78 is 0. The van der Waals surface area contributed by atoms with Gasteiger partial charge in [0, 0.05) is 18.5 Å². The molecule has 18 heavy (non-hydrogen) atoms. The molecule has 1 aliphatic carbocycles. The first-order valence-electron chi connectivity index (χ1n) is 7.33. The Bertz CT molecular complexity index is 252. The summed E-state index contributed by atoms with van der Waals surface area (Å²) in [7, 11) is 0. The number of halogens is 1. The van der Waals surface area contributed by atoms with Crippen LogP contribution in [0, 0.1) is 5.92 Å². The number of piperidine rings is 1. The first-order chi connectivity index (χ1) is 8.33. The molecule has 2 N–H and O–H groups in total. The van der Waals surface area contributed by atoms with Crippen molar-refractivity contribution in [2.75, 3.05) is 13.1 Å². The van der Waals surface area contributed by atoms with E-state index in [1.807, 2.05) is 0 Å². The minimum absolute atomic E-state index is 0. The maximum atomic E-state index is 12.5. The first-order valence-corrected chi connectivity index (χ1v) is 7.33. The maximum absolute atomic E-state index is 12.5. The summed E-state index contributed by atoms with van der Waals surface area (Å²) in [5, 5.41) is 0. The fourth-order valence-corrected chi connectivity index (χ4v) is 3.37. The lowest BCUT2D eigenvalue weighted by Crippen LogP contribution is -2.47. The van der Waals surface area contributed by atoms with Crippen LogP contribution in [0.5, 0.6) is 0 Å². The van der Waals surface area contributed by atoms with Crippen LogP contribution in [0.15, 0.2) is 0 Å². The van der Waals surface area contributed by atoms with Gasteiger partial charge in [0.2, 0.25) is 5.91 Å². The van der Waals surface area contributed by atoms with E-state index >= 15 is 0 Å². The van der Waals surface area contributed by atoms with Gasteiger partial charge in [-0.1, -0.05) is 19.3 Å². The van der Waals surface area contributed by atoms with Crippen molar-refractivity contribution in [2.24, 2.45) is 11.7 Å². The lowest BCUT2D eigenvalue weighted by atomic mass is 9.87. The van der Waals surface area contributed by atoms with Gasteiger partial charge in [-0.15, -0.1) is 12.4 Å². The molecule has 2 aliphatic rings. The molecule has 0 spiro atoms. The Labute approximate surface area is 117 Å². The predicted molar refractivity (Wildman–Crippen MR) is 76.8 cm³/mol. The summed E-state index contributed by atoms with van der Waals surface area (Å²) in [6, 6.07) is 0.433. The maximum Gasteiger partial charge on any atom is 0.225 e. The van der Waals surface area contributed by atoms with E-state index in [2.05, 4.69) is 4.90 Å². The zero-order chi connectivity index (χ0) is 12.1. The number of rotatable bonds is 3. The highest BCUT2D eigenvalue weighted by Crippen LogP contribution is 2.28. The van der Waals surface area contributed by atoms with Gasteiger partial charge in [-0.05, 0) is 45.1 Å². The van der Waals surface area contributed by atoms with E-state index in [1.54, 1.807) is 0 Å². The average Bonchev–Trinajstić information content (AvgIpc) is 2.40. The minimum atomic E-state index is 0. The zero-order valence-electron chi connectivity index (χ0n) is 11.3. The molecule has 1 saturated heterocycles. The Morgan fingerprint density at radius 3 is 2.39 bits per heavy atom. The second kappa shape index (κ2) is 8.00. The van der Waals surface area contributed by atoms with Crippen molar-refractivity contribution < 1.29 is 4.79 Å². The molecule has 1 saturated carbocycles. The molecule has 0 aromatic heterocycles. The van der Waals surface area contributed by atoms with Gasteiger partial charge in [-0.25, -0.2) is 0 Å². The molecule has 3 nitrogen and oxygen atoms in total. The molecule has 106 valence electrons. The fourth-order valence-electron chi connectivity index (χ4n) is 3.37. The molecule has 0 bridgehead atoms. The number of amides is 1. The number of nitrogens with two attached hydrogens (primary N) is 1. The lowest BCUT2D eigenvalue weighted by molar-refractivity contribution is -0.140. The number of nitrogens with zero attached hydrogens (tertiary/aromatic N) is 1. The normalized spacial score (nSPS) is 25.6. The Kier molecular flexibility index (Phi) is 7.02. The standard InChI is InChI=1S/C14H26N2O.ClH/c15-10-9-13-8-4-5-11-16(13)14(17)12-6-2-1-3-7-12;/h12-13H,1-11,15H2;1H. The highest BCUT2D eigenvalue weighted by molar-refractivity contribution is 5.85. The van der Waals surface area contributed by atoms with Crippen molar-refractivity contribution in [1.29, 1.82) is 0 Å². The molecule has 1 aliphatic heterocycles. The summed E-state index contributed by atoms with van der Waals surface area (Å²) in [6.45, 7) is 1.68. The Balaban J connectivity index is 0.00000162. The Morgan fingerprint density at radius 1 is 1.06 bits per heavy atom. The molecule has 2 rings (SSSR count). The Morgan fingerprint density at radius 2 is 1.72 bits per heavy atom. The monoisotopic (exact) mass is 274 g/mol. The van der Waals surface area contributed by atoms with Crippen LogP contribution in [0.2, 0.25) is 0 Å². The SMILES string of the molecule is Cl.NCCC1CCCCN1C(=O)C1CCCCC1. The van der Waals surface area contributed by atoms with Crippen molar-refractivity contribution in [3.8, 4) is 0 Å². The molecule has 0 radical (unpaired) electrons. The summed E-state index contributed by atoms with van der Waals surface area (Å²) >= 11 is 0. The summed E-state index contributed by atoms with van der Waals surface area (Å²) in [6.07, 6.45) is 10.6. The molecule has 1 heterocycles. The van der Waals surface area contributed by atoms with Crippen LogP contribution in [0.3, 0.4) is 0 Å². The second-order valence-corrected chi connectivity index (χ2v) is 5.59. The molecule has 0 aromatic rings. The van der Waals surface area contributed by atoms with Crippen LogP contribution in [0.4, 0.5) is 0 Å². The van der Waals surface area contributed by atoms with Gasteiger partial charge < -0.3 is 10.6 Å². The van der Waals surface area contributed by atoms with Crippen molar-refractivity contribution >= 4 is 18.3 Å². The van der Waals surface area contributed by atoms with Gasteiger partial charge in [-0.2, -0.15) is 0 Å². The highest BCUT2D eigenvalue weighted by Gasteiger charge is 2.31. The van der Waals surface area contributed by atoms with Crippen molar-refractivity contribution in [2.45, 2.75) is 63.8 Å². The van der Waals surface area contributed by atoms with Gasteiger partial charge in [-0.3, -0.25) is 4.79 Å². The first kappa shape index (κ1) is 15.8. The van der Waals surface area contributed by atoms with Gasteiger partial charge in [0.1, 0.15) is 0 Å². The smallest absolute Gasteiger partial charge is 0.225 e. The molecule has 1 atom stereocenters. The average molecular weight is 275 g/mol. The minimum Gasteiger partial charge on any atom is -0.339 e. The van der Waals surface area contributed by atoms with E-state index in [0.29, 0.717) is 24.4 Å². The molecular weight excluding hydrogens is 248 g/mol. The highest BCUT2D eigenvalue weighted by atomic mass is 35.5. The summed E-state index contributed by atoms with van der Waals surface area (Å²) in [5.41, 5.74) is 5.66. The van der Waals surface area contributed by atoms with E-state index in [1.165, 1.54) is 32.1 Å². The van der Waals surface area contributed by atoms with Crippen LogP contribution >= 0.6 is 12.4 Å². The van der Waals surface area contributed by atoms with E-state index in [-0.39, 0.29) is 12.4 Å². The molecule has 1 amide bonds. The number of hydrogen-bond acceptors (Lipinski definition) is 2. The van der Waals surface area contributed by atoms with Crippen LogP contribution in [-0.4, -0.2) is 29.9 Å². The van der Waals surface area contributed by atoms with Crippen molar-refractivity contribution in [3.05, 3.63) is 0 Å². The summed E-state index contributed by atoms with van der Waals surface area (Å²) in [4.78, 5) is 14.7. The number of hydrogen-bond donors (Lipinski definition) is 1. The third kappa shape index (κ3) is 3.86. The molecule has 4 heteroatoms. The quantitative estimate of drug-likeness (QED) is 0.860. The zero-order valence-corrected chi connectivity index (χ0v) is 12.1. The van der Waals surface area contributed by atoms with Gasteiger partial charge >= 0.3 is 0 Å². The van der Waals surface area contributed by atoms with Crippen LogP contribution in [-0.2, 0) is 4.79 Å². The van der Waals surface area contributed by atoms with E-state index in [4.69, 9.17) is 5.73 Å². The van der Waals surface area contributed by atoms with E-state index < -0.39 is 0 Å². The lowest BCUT2D eigenvalue weighted by Gasteiger charge is -2.38. The topological polar surface area (TPSA) is 46.3 Å². The number of carbonyl (C=O) groups is 1. The number of likely N-dealkylation sites (tertiary alicyclic amines) is 1. The van der Waals surface area contributed by atoms with Gasteiger partial charge in [0.15, 0.2) is 0 Å². The Hall–Kier alpha value is -0.280. The van der Waals surface area contributed by atoms with Crippen LogP contribution in [0.1, 0.15) is 57.8 Å². The van der Waals surface area contributed by atoms with Crippen LogP contribution in [0.25, 0.3) is 0 Å². The molecule has 2 fully saturated rings. The van der Waals surface area contributed by atoms with Gasteiger partial charge in [0.25, 0.3) is 0 Å². The molecular formula is C14H27ClN2O. The summed E-state index contributed by atoms with van der Waals surface area (Å²) in [5.74, 6) is 0.755. The second-order valence-electron chi connectivity index (χ2n) is 5.59. The largest absolute Gasteiger partial charge is 0.339 e. The van der Waals surface area contributed by atoms with E-state index in [9.17, 15) is 4.79 Å². The van der Waals surface area contributed by atoms with Crippen LogP contribution < -0.4 is 5.73 Å². The third-order valence-electron chi connectivity index (χ3n) is 4.36. The number of carbonyl (C=O) groups excluding carboxylic acids is 1. The fraction of sp³-hybridized carbons (Fsp3) is 0.929.